The van der Waals surface area contributed by atoms with Crippen LogP contribution in [0, 0.1) is 0 Å². The average molecular weight is 218 g/mol. The summed E-state index contributed by atoms with van der Waals surface area (Å²) in [6.07, 6.45) is 0.410. The zero-order chi connectivity index (χ0) is 11.3. The van der Waals surface area contributed by atoms with Gasteiger partial charge in [0.1, 0.15) is 0 Å². The van der Waals surface area contributed by atoms with Crippen molar-refractivity contribution in [1.82, 2.24) is 0 Å². The fourth-order valence-corrected chi connectivity index (χ4v) is 1.64. The highest BCUT2D eigenvalue weighted by atomic mass is 16.7. The standard InChI is InChI=1S/C10H18O5/c1-4-14-9(11)8-7-10(12-2,13-3)5-6-15-8/h8H,4-7H2,1-3H3. The van der Waals surface area contributed by atoms with Gasteiger partial charge in [0.15, 0.2) is 11.9 Å². The Morgan fingerprint density at radius 2 is 2.13 bits per heavy atom. The maximum absolute atomic E-state index is 11.5. The minimum atomic E-state index is -0.713. The molecule has 5 nitrogen and oxygen atoms in total. The molecule has 0 amide bonds. The van der Waals surface area contributed by atoms with Gasteiger partial charge in [0, 0.05) is 27.1 Å². The number of carbonyl (C=O) groups is 1. The molecule has 88 valence electrons. The van der Waals surface area contributed by atoms with Crippen molar-refractivity contribution in [3.05, 3.63) is 0 Å². The lowest BCUT2D eigenvalue weighted by molar-refractivity contribution is -0.257. The number of rotatable bonds is 4. The lowest BCUT2D eigenvalue weighted by Crippen LogP contribution is -2.47. The molecule has 1 unspecified atom stereocenters. The summed E-state index contributed by atoms with van der Waals surface area (Å²) in [5, 5.41) is 0. The highest BCUT2D eigenvalue weighted by Crippen LogP contribution is 2.29. The molecule has 0 saturated carbocycles. The van der Waals surface area contributed by atoms with Crippen molar-refractivity contribution in [1.29, 1.82) is 0 Å². The van der Waals surface area contributed by atoms with E-state index in [1.54, 1.807) is 21.1 Å². The molecule has 0 aromatic rings. The van der Waals surface area contributed by atoms with Crippen LogP contribution in [-0.2, 0) is 23.7 Å². The molecular weight excluding hydrogens is 200 g/mol. The van der Waals surface area contributed by atoms with Crippen LogP contribution < -0.4 is 0 Å². The third-order valence-corrected chi connectivity index (χ3v) is 2.59. The number of carbonyl (C=O) groups excluding carboxylic acids is 1. The summed E-state index contributed by atoms with van der Waals surface area (Å²) < 4.78 is 20.8. The van der Waals surface area contributed by atoms with Crippen LogP contribution in [0.15, 0.2) is 0 Å². The van der Waals surface area contributed by atoms with Crippen molar-refractivity contribution in [2.24, 2.45) is 0 Å². The number of hydrogen-bond donors (Lipinski definition) is 0. The third kappa shape index (κ3) is 2.90. The van der Waals surface area contributed by atoms with Crippen molar-refractivity contribution < 1.29 is 23.7 Å². The number of ether oxygens (including phenoxy) is 4. The quantitative estimate of drug-likeness (QED) is 0.514. The topological polar surface area (TPSA) is 54.0 Å². The summed E-state index contributed by atoms with van der Waals surface area (Å²) in [6, 6.07) is 0. The van der Waals surface area contributed by atoms with E-state index in [2.05, 4.69) is 0 Å². The maximum Gasteiger partial charge on any atom is 0.335 e. The molecule has 0 bridgehead atoms. The van der Waals surface area contributed by atoms with E-state index in [1.807, 2.05) is 0 Å². The van der Waals surface area contributed by atoms with Gasteiger partial charge >= 0.3 is 5.97 Å². The fourth-order valence-electron chi connectivity index (χ4n) is 1.64. The minimum Gasteiger partial charge on any atom is -0.464 e. The molecule has 0 spiro atoms. The van der Waals surface area contributed by atoms with E-state index in [4.69, 9.17) is 18.9 Å². The van der Waals surface area contributed by atoms with E-state index in [9.17, 15) is 4.79 Å². The van der Waals surface area contributed by atoms with Crippen LogP contribution in [0.2, 0.25) is 0 Å². The number of hydrogen-bond acceptors (Lipinski definition) is 5. The second-order valence-electron chi connectivity index (χ2n) is 3.38. The second-order valence-corrected chi connectivity index (χ2v) is 3.38. The lowest BCUT2D eigenvalue weighted by atomic mass is 10.0. The van der Waals surface area contributed by atoms with Gasteiger partial charge in [-0.05, 0) is 6.92 Å². The molecule has 15 heavy (non-hydrogen) atoms. The van der Waals surface area contributed by atoms with Crippen molar-refractivity contribution in [2.45, 2.75) is 31.7 Å². The molecule has 0 aromatic heterocycles. The van der Waals surface area contributed by atoms with Gasteiger partial charge < -0.3 is 18.9 Å². The Bertz CT molecular complexity index is 212. The first-order valence-corrected chi connectivity index (χ1v) is 5.06. The summed E-state index contributed by atoms with van der Waals surface area (Å²) in [4.78, 5) is 11.5. The molecule has 0 radical (unpaired) electrons. The Hall–Kier alpha value is -0.650. The van der Waals surface area contributed by atoms with Crippen LogP contribution in [0.25, 0.3) is 0 Å². The Morgan fingerprint density at radius 1 is 1.47 bits per heavy atom. The molecule has 0 aliphatic carbocycles. The fraction of sp³-hybridized carbons (Fsp3) is 0.900. The summed E-state index contributed by atoms with van der Waals surface area (Å²) in [6.45, 7) is 2.55. The average Bonchev–Trinajstić information content (AvgIpc) is 2.29. The molecule has 0 N–H and O–H groups in total. The molecule has 0 aromatic carbocycles. The van der Waals surface area contributed by atoms with Crippen LogP contribution >= 0.6 is 0 Å². The molecule has 1 aliphatic rings. The monoisotopic (exact) mass is 218 g/mol. The van der Waals surface area contributed by atoms with Crippen LogP contribution in [0.4, 0.5) is 0 Å². The molecular formula is C10H18O5. The lowest BCUT2D eigenvalue weighted by Gasteiger charge is -2.37. The first kappa shape index (κ1) is 12.4. The van der Waals surface area contributed by atoms with E-state index in [1.165, 1.54) is 0 Å². The van der Waals surface area contributed by atoms with Crippen molar-refractivity contribution in [2.75, 3.05) is 27.4 Å². The summed E-state index contributed by atoms with van der Waals surface area (Å²) in [7, 11) is 3.13. The Morgan fingerprint density at radius 3 is 2.67 bits per heavy atom. The smallest absolute Gasteiger partial charge is 0.335 e. The van der Waals surface area contributed by atoms with Gasteiger partial charge in [0.25, 0.3) is 0 Å². The summed E-state index contributed by atoms with van der Waals surface area (Å²) in [5.41, 5.74) is 0. The van der Waals surface area contributed by atoms with Crippen molar-refractivity contribution >= 4 is 5.97 Å². The minimum absolute atomic E-state index is 0.351. The van der Waals surface area contributed by atoms with Crippen LogP contribution in [0.5, 0.6) is 0 Å². The van der Waals surface area contributed by atoms with E-state index in [0.29, 0.717) is 26.1 Å². The number of methoxy groups -OCH3 is 2. The Kier molecular flexibility index (Phi) is 4.50. The first-order chi connectivity index (χ1) is 7.17. The predicted molar refractivity (Wildman–Crippen MR) is 52.4 cm³/mol. The highest BCUT2D eigenvalue weighted by molar-refractivity contribution is 5.74. The van der Waals surface area contributed by atoms with E-state index >= 15 is 0 Å². The molecule has 1 rings (SSSR count). The van der Waals surface area contributed by atoms with Gasteiger partial charge in [0.2, 0.25) is 0 Å². The predicted octanol–water partition coefficient (Wildman–Crippen LogP) is 0.718. The largest absolute Gasteiger partial charge is 0.464 e. The van der Waals surface area contributed by atoms with Crippen molar-refractivity contribution in [3.63, 3.8) is 0 Å². The maximum atomic E-state index is 11.5. The van der Waals surface area contributed by atoms with Gasteiger partial charge in [-0.15, -0.1) is 0 Å². The molecule has 1 aliphatic heterocycles. The van der Waals surface area contributed by atoms with E-state index in [0.717, 1.165) is 0 Å². The Labute approximate surface area is 89.6 Å². The summed E-state index contributed by atoms with van der Waals surface area (Å²) in [5.74, 6) is -1.06. The number of esters is 1. The van der Waals surface area contributed by atoms with Crippen LogP contribution in [0.3, 0.4) is 0 Å². The van der Waals surface area contributed by atoms with Gasteiger partial charge in [-0.1, -0.05) is 0 Å². The second kappa shape index (κ2) is 5.44. The molecule has 1 saturated heterocycles. The molecule has 1 fully saturated rings. The van der Waals surface area contributed by atoms with E-state index < -0.39 is 11.9 Å². The molecule has 1 atom stereocenters. The van der Waals surface area contributed by atoms with E-state index in [-0.39, 0.29) is 5.97 Å². The first-order valence-electron chi connectivity index (χ1n) is 5.06. The SMILES string of the molecule is CCOC(=O)C1CC(OC)(OC)CCO1. The van der Waals surface area contributed by atoms with Crippen LogP contribution in [0.1, 0.15) is 19.8 Å². The molecule has 1 heterocycles. The third-order valence-electron chi connectivity index (χ3n) is 2.59. The van der Waals surface area contributed by atoms with Crippen molar-refractivity contribution in [3.8, 4) is 0 Å². The van der Waals surface area contributed by atoms with Crippen LogP contribution in [-0.4, -0.2) is 45.3 Å². The normalized spacial score (nSPS) is 24.9. The zero-order valence-corrected chi connectivity index (χ0v) is 9.45. The molecule has 5 heteroatoms. The summed E-state index contributed by atoms with van der Waals surface area (Å²) >= 11 is 0. The highest BCUT2D eigenvalue weighted by Gasteiger charge is 2.40. The Balaban J connectivity index is 2.58. The van der Waals surface area contributed by atoms with Gasteiger partial charge in [-0.3, -0.25) is 0 Å². The zero-order valence-electron chi connectivity index (χ0n) is 9.45. The van der Waals surface area contributed by atoms with Gasteiger partial charge in [-0.2, -0.15) is 0 Å². The van der Waals surface area contributed by atoms with Gasteiger partial charge in [0.05, 0.1) is 13.2 Å². The van der Waals surface area contributed by atoms with Gasteiger partial charge in [-0.25, -0.2) is 4.79 Å².